The second-order valence-corrected chi connectivity index (χ2v) is 11.6. The Kier molecular flexibility index (Phi) is 9.00. The number of thioether (sulfide) groups is 1. The van der Waals surface area contributed by atoms with E-state index in [0.29, 0.717) is 34.1 Å². The third-order valence-corrected chi connectivity index (χ3v) is 8.33. The Labute approximate surface area is 250 Å². The van der Waals surface area contributed by atoms with Crippen LogP contribution in [0.2, 0.25) is 5.02 Å². The molecule has 1 amide bonds. The summed E-state index contributed by atoms with van der Waals surface area (Å²) in [6.45, 7) is 8.53. The number of unbranched alkanes of at least 4 members (excludes halogenated alkanes) is 1. The molecule has 212 valence electrons. The van der Waals surface area contributed by atoms with Gasteiger partial charge in [-0.1, -0.05) is 73.1 Å². The number of amides is 1. The van der Waals surface area contributed by atoms with Crippen LogP contribution in [-0.4, -0.2) is 26.4 Å². The first-order valence-corrected chi connectivity index (χ1v) is 15.1. The highest BCUT2D eigenvalue weighted by Gasteiger charge is 2.35. The zero-order valence-corrected chi connectivity index (χ0v) is 25.3. The van der Waals surface area contributed by atoms with Gasteiger partial charge in [-0.05, 0) is 79.8 Å². The van der Waals surface area contributed by atoms with E-state index < -0.39 is 6.04 Å². The van der Waals surface area contributed by atoms with Gasteiger partial charge in [-0.15, -0.1) is 5.10 Å². The Morgan fingerprint density at radius 2 is 1.88 bits per heavy atom. The van der Waals surface area contributed by atoms with Gasteiger partial charge < -0.3 is 15.4 Å². The summed E-state index contributed by atoms with van der Waals surface area (Å²) < 4.78 is 7.96. The fraction of sp³-hybridized carbons (Fsp3) is 0.281. The number of hydrogen-bond donors (Lipinski definition) is 2. The highest BCUT2D eigenvalue weighted by molar-refractivity contribution is 7.99. The fourth-order valence-corrected chi connectivity index (χ4v) is 5.74. The number of carbonyl (C=O) groups is 1. The van der Waals surface area contributed by atoms with Crippen molar-refractivity contribution in [1.82, 2.24) is 14.8 Å². The lowest BCUT2D eigenvalue weighted by Gasteiger charge is -2.29. The van der Waals surface area contributed by atoms with E-state index in [2.05, 4.69) is 17.6 Å². The number of rotatable bonds is 10. The summed E-state index contributed by atoms with van der Waals surface area (Å²) in [4.78, 5) is 18.7. The second kappa shape index (κ2) is 12.8. The van der Waals surface area contributed by atoms with Crippen LogP contribution >= 0.6 is 23.4 Å². The molecule has 1 aliphatic heterocycles. The molecule has 7 nitrogen and oxygen atoms in total. The van der Waals surface area contributed by atoms with Gasteiger partial charge in [0.1, 0.15) is 18.4 Å². The predicted octanol–water partition coefficient (Wildman–Crippen LogP) is 7.95. The van der Waals surface area contributed by atoms with Crippen molar-refractivity contribution in [2.75, 3.05) is 16.4 Å². The topological polar surface area (TPSA) is 81.1 Å². The number of halogens is 1. The van der Waals surface area contributed by atoms with E-state index in [0.717, 1.165) is 52.2 Å². The van der Waals surface area contributed by atoms with Gasteiger partial charge in [0.05, 0.1) is 5.57 Å². The molecule has 0 aliphatic carbocycles. The summed E-state index contributed by atoms with van der Waals surface area (Å²) in [6, 6.07) is 20.8. The van der Waals surface area contributed by atoms with Crippen LogP contribution in [0.5, 0.6) is 5.75 Å². The number of nitrogens with zero attached hydrogens (tertiary/aromatic N) is 3. The van der Waals surface area contributed by atoms with Gasteiger partial charge in [-0.2, -0.15) is 4.98 Å². The molecule has 1 aromatic heterocycles. The normalized spacial score (nSPS) is 14.4. The minimum absolute atomic E-state index is 0.192. The summed E-state index contributed by atoms with van der Waals surface area (Å²) in [6.07, 6.45) is 2.19. The molecular formula is C32H34ClN5O2S. The molecule has 0 radical (unpaired) electrons. The van der Waals surface area contributed by atoms with E-state index in [1.165, 1.54) is 0 Å². The molecule has 0 fully saturated rings. The molecule has 0 bridgehead atoms. The van der Waals surface area contributed by atoms with Gasteiger partial charge in [0.2, 0.25) is 11.1 Å². The van der Waals surface area contributed by atoms with Crippen LogP contribution in [0.1, 0.15) is 55.0 Å². The molecule has 9 heteroatoms. The number of allylic oxidation sites excluding steroid dienone is 1. The zero-order chi connectivity index (χ0) is 28.9. The fourth-order valence-electron chi connectivity index (χ4n) is 4.70. The maximum Gasteiger partial charge on any atom is 0.255 e. The number of aryl methyl sites for hydroxylation is 1. The van der Waals surface area contributed by atoms with Gasteiger partial charge in [-0.25, -0.2) is 4.68 Å². The Bertz CT molecular complexity index is 1580. The largest absolute Gasteiger partial charge is 0.489 e. The average molecular weight is 588 g/mol. The van der Waals surface area contributed by atoms with Gasteiger partial charge >= 0.3 is 0 Å². The molecule has 3 aromatic carbocycles. The molecule has 0 saturated heterocycles. The number of carbonyl (C=O) groups excluding carboxylic acids is 1. The molecule has 1 unspecified atom stereocenters. The predicted molar refractivity (Wildman–Crippen MR) is 167 cm³/mol. The molecule has 1 aliphatic rings. The number of fused-ring (bicyclic) bond motifs is 1. The van der Waals surface area contributed by atoms with Crippen LogP contribution in [-0.2, 0) is 11.4 Å². The van der Waals surface area contributed by atoms with E-state index in [9.17, 15) is 4.79 Å². The highest BCUT2D eigenvalue weighted by Crippen LogP contribution is 2.38. The van der Waals surface area contributed by atoms with Gasteiger partial charge in [0.15, 0.2) is 0 Å². The van der Waals surface area contributed by atoms with Crippen molar-refractivity contribution >= 4 is 40.9 Å². The van der Waals surface area contributed by atoms with Crippen molar-refractivity contribution in [2.45, 2.75) is 58.3 Å². The molecule has 4 aromatic rings. The molecule has 0 saturated carbocycles. The van der Waals surface area contributed by atoms with E-state index in [1.807, 2.05) is 92.2 Å². The Morgan fingerprint density at radius 1 is 1.10 bits per heavy atom. The molecular weight excluding hydrogens is 554 g/mol. The smallest absolute Gasteiger partial charge is 0.255 e. The molecule has 5 rings (SSSR count). The van der Waals surface area contributed by atoms with Crippen LogP contribution in [0.25, 0.3) is 0 Å². The van der Waals surface area contributed by atoms with Crippen molar-refractivity contribution < 1.29 is 9.53 Å². The first kappa shape index (κ1) is 28.8. The van der Waals surface area contributed by atoms with Crippen LogP contribution in [0, 0.1) is 13.8 Å². The SMILES string of the molecule is CCCCSc1nc2n(n1)C(c1cccc(OCc3ccc(Cl)cc3)c1)C(C(=O)Nc1cccc(C)c1C)=C(C)N2. The van der Waals surface area contributed by atoms with Crippen molar-refractivity contribution in [3.63, 3.8) is 0 Å². The van der Waals surface area contributed by atoms with Gasteiger partial charge in [0.25, 0.3) is 5.91 Å². The summed E-state index contributed by atoms with van der Waals surface area (Å²) in [5.74, 6) is 2.05. The van der Waals surface area contributed by atoms with Crippen LogP contribution in [0.3, 0.4) is 0 Å². The number of anilines is 2. The lowest BCUT2D eigenvalue weighted by molar-refractivity contribution is -0.113. The standard InChI is InChI=1S/C32H34ClN5O2S/c1-5-6-17-41-32-36-31-34-22(4)28(30(39)35-27-12-7-9-20(2)21(27)3)29(38(31)37-32)24-10-8-11-26(18-24)40-19-23-13-15-25(33)16-14-23/h7-16,18,29H,5-6,17,19H2,1-4H3,(H,35,39)(H,34,36,37). The maximum absolute atomic E-state index is 14.0. The number of hydrogen-bond acceptors (Lipinski definition) is 6. The van der Waals surface area contributed by atoms with Crippen molar-refractivity contribution in [3.05, 3.63) is 105 Å². The zero-order valence-electron chi connectivity index (χ0n) is 23.7. The van der Waals surface area contributed by atoms with E-state index in [-0.39, 0.29) is 5.91 Å². The first-order valence-electron chi connectivity index (χ1n) is 13.8. The maximum atomic E-state index is 14.0. The third kappa shape index (κ3) is 6.60. The highest BCUT2D eigenvalue weighted by atomic mass is 35.5. The second-order valence-electron chi connectivity index (χ2n) is 10.1. The van der Waals surface area contributed by atoms with Gasteiger partial charge in [0, 0.05) is 22.2 Å². The van der Waals surface area contributed by atoms with Gasteiger partial charge in [-0.3, -0.25) is 4.79 Å². The van der Waals surface area contributed by atoms with E-state index in [4.69, 9.17) is 26.4 Å². The number of aromatic nitrogens is 3. The minimum Gasteiger partial charge on any atom is -0.489 e. The monoisotopic (exact) mass is 587 g/mol. The van der Waals surface area contributed by atoms with E-state index >= 15 is 0 Å². The lowest BCUT2D eigenvalue weighted by atomic mass is 9.94. The Hall–Kier alpha value is -3.75. The minimum atomic E-state index is -0.497. The number of benzene rings is 3. The number of ether oxygens (including phenoxy) is 1. The summed E-state index contributed by atoms with van der Waals surface area (Å²) in [7, 11) is 0. The molecule has 0 spiro atoms. The lowest BCUT2D eigenvalue weighted by Crippen LogP contribution is -2.31. The summed E-state index contributed by atoms with van der Waals surface area (Å²) in [5, 5.41) is 12.7. The van der Waals surface area contributed by atoms with Crippen LogP contribution in [0.4, 0.5) is 11.6 Å². The molecule has 2 heterocycles. The third-order valence-electron chi connectivity index (χ3n) is 7.15. The first-order chi connectivity index (χ1) is 19.8. The van der Waals surface area contributed by atoms with Crippen LogP contribution in [0.15, 0.2) is 83.2 Å². The molecule has 2 N–H and O–H groups in total. The quantitative estimate of drug-likeness (QED) is 0.145. The van der Waals surface area contributed by atoms with Crippen molar-refractivity contribution in [3.8, 4) is 5.75 Å². The Balaban J connectivity index is 1.49. The molecule has 1 atom stereocenters. The van der Waals surface area contributed by atoms with Crippen molar-refractivity contribution in [2.24, 2.45) is 0 Å². The van der Waals surface area contributed by atoms with Crippen molar-refractivity contribution in [1.29, 1.82) is 0 Å². The van der Waals surface area contributed by atoms with Crippen LogP contribution < -0.4 is 15.4 Å². The Morgan fingerprint density at radius 3 is 2.66 bits per heavy atom. The average Bonchev–Trinajstić information content (AvgIpc) is 3.36. The molecule has 41 heavy (non-hydrogen) atoms. The summed E-state index contributed by atoms with van der Waals surface area (Å²) >= 11 is 7.66. The number of nitrogens with one attached hydrogen (secondary N) is 2. The van der Waals surface area contributed by atoms with E-state index in [1.54, 1.807) is 11.8 Å². The summed E-state index contributed by atoms with van der Waals surface area (Å²) in [5.41, 5.74) is 6.13.